The third-order valence-corrected chi connectivity index (χ3v) is 3.78. The number of rotatable bonds is 2. The van der Waals surface area contributed by atoms with E-state index in [2.05, 4.69) is 50.0 Å². The van der Waals surface area contributed by atoms with Gasteiger partial charge in [-0.15, -0.1) is 0 Å². The van der Waals surface area contributed by atoms with E-state index in [0.717, 1.165) is 16.9 Å². The molecule has 0 saturated heterocycles. The Morgan fingerprint density at radius 1 is 1.05 bits per heavy atom. The van der Waals surface area contributed by atoms with Crippen molar-refractivity contribution in [1.82, 2.24) is 9.38 Å². The van der Waals surface area contributed by atoms with E-state index in [4.69, 9.17) is 0 Å². The zero-order valence-corrected chi connectivity index (χ0v) is 12.7. The van der Waals surface area contributed by atoms with Gasteiger partial charge >= 0.3 is 0 Å². The Morgan fingerprint density at radius 3 is 2.38 bits per heavy atom. The zero-order chi connectivity index (χ0) is 15.0. The van der Waals surface area contributed by atoms with Gasteiger partial charge in [-0.1, -0.05) is 51.1 Å². The van der Waals surface area contributed by atoms with E-state index < -0.39 is 0 Å². The maximum atomic E-state index is 9.47. The molecular formula is C18H20N2O. The lowest BCUT2D eigenvalue weighted by Crippen LogP contribution is -2.10. The molecule has 1 N–H and O–H groups in total. The maximum absolute atomic E-state index is 9.47. The van der Waals surface area contributed by atoms with Crippen molar-refractivity contribution in [3.8, 4) is 11.4 Å². The van der Waals surface area contributed by atoms with Gasteiger partial charge in [0.25, 0.3) is 0 Å². The Balaban J connectivity index is 2.12. The van der Waals surface area contributed by atoms with E-state index in [1.807, 2.05) is 28.8 Å². The van der Waals surface area contributed by atoms with Gasteiger partial charge in [-0.2, -0.15) is 0 Å². The highest BCUT2D eigenvalue weighted by Crippen LogP contribution is 2.27. The molecule has 2 aromatic heterocycles. The third kappa shape index (κ3) is 2.45. The van der Waals surface area contributed by atoms with Crippen LogP contribution in [0.4, 0.5) is 0 Å². The van der Waals surface area contributed by atoms with Crippen molar-refractivity contribution < 1.29 is 5.11 Å². The SMILES string of the molecule is CC(C)(C)c1ccc(-c2nc(CO)c3ccccn23)cc1. The van der Waals surface area contributed by atoms with Crippen molar-refractivity contribution in [2.24, 2.45) is 0 Å². The maximum Gasteiger partial charge on any atom is 0.144 e. The molecule has 3 rings (SSSR count). The molecule has 0 aliphatic rings. The summed E-state index contributed by atoms with van der Waals surface area (Å²) >= 11 is 0. The number of hydrogen-bond acceptors (Lipinski definition) is 2. The fourth-order valence-electron chi connectivity index (χ4n) is 2.54. The summed E-state index contributed by atoms with van der Waals surface area (Å²) in [6.45, 7) is 6.57. The minimum absolute atomic E-state index is 0.0480. The van der Waals surface area contributed by atoms with Crippen LogP contribution in [0.15, 0.2) is 48.7 Å². The Hall–Kier alpha value is -2.13. The second-order valence-electron chi connectivity index (χ2n) is 6.32. The highest BCUT2D eigenvalue weighted by molar-refractivity contribution is 5.65. The van der Waals surface area contributed by atoms with E-state index in [-0.39, 0.29) is 12.0 Å². The van der Waals surface area contributed by atoms with E-state index >= 15 is 0 Å². The molecule has 0 unspecified atom stereocenters. The van der Waals surface area contributed by atoms with E-state index in [1.54, 1.807) is 0 Å². The molecule has 2 heterocycles. The molecule has 0 bridgehead atoms. The lowest BCUT2D eigenvalue weighted by atomic mass is 9.87. The average molecular weight is 280 g/mol. The molecule has 0 spiro atoms. The van der Waals surface area contributed by atoms with Gasteiger partial charge in [0, 0.05) is 11.8 Å². The number of aliphatic hydroxyl groups excluding tert-OH is 1. The Bertz CT molecular complexity index is 764. The van der Waals surface area contributed by atoms with Crippen LogP contribution in [-0.2, 0) is 12.0 Å². The Labute approximate surface area is 124 Å². The van der Waals surface area contributed by atoms with Crippen LogP contribution in [0.2, 0.25) is 0 Å². The molecule has 0 radical (unpaired) electrons. The minimum Gasteiger partial charge on any atom is -0.390 e. The van der Waals surface area contributed by atoms with Crippen LogP contribution in [-0.4, -0.2) is 14.5 Å². The van der Waals surface area contributed by atoms with Gasteiger partial charge in [0.15, 0.2) is 0 Å². The van der Waals surface area contributed by atoms with Gasteiger partial charge in [-0.3, -0.25) is 4.40 Å². The molecule has 0 atom stereocenters. The Morgan fingerprint density at radius 2 is 1.76 bits per heavy atom. The van der Waals surface area contributed by atoms with Gasteiger partial charge in [0.1, 0.15) is 5.82 Å². The molecular weight excluding hydrogens is 260 g/mol. The van der Waals surface area contributed by atoms with Crippen LogP contribution >= 0.6 is 0 Å². The number of aromatic nitrogens is 2. The lowest BCUT2D eigenvalue weighted by molar-refractivity contribution is 0.279. The molecule has 0 saturated carbocycles. The van der Waals surface area contributed by atoms with Gasteiger partial charge in [-0.25, -0.2) is 4.98 Å². The summed E-state index contributed by atoms with van der Waals surface area (Å²) < 4.78 is 2.03. The summed E-state index contributed by atoms with van der Waals surface area (Å²) in [5, 5.41) is 9.47. The molecule has 0 aliphatic heterocycles. The topological polar surface area (TPSA) is 37.5 Å². The summed E-state index contributed by atoms with van der Waals surface area (Å²) in [7, 11) is 0. The Kier molecular flexibility index (Phi) is 3.30. The number of fused-ring (bicyclic) bond motifs is 1. The van der Waals surface area contributed by atoms with Crippen molar-refractivity contribution in [1.29, 1.82) is 0 Å². The first-order valence-corrected chi connectivity index (χ1v) is 7.18. The fraction of sp³-hybridized carbons (Fsp3) is 0.278. The van der Waals surface area contributed by atoms with Gasteiger partial charge < -0.3 is 5.11 Å². The quantitative estimate of drug-likeness (QED) is 0.775. The monoisotopic (exact) mass is 280 g/mol. The lowest BCUT2D eigenvalue weighted by Gasteiger charge is -2.19. The minimum atomic E-state index is -0.0480. The largest absolute Gasteiger partial charge is 0.390 e. The summed E-state index contributed by atoms with van der Waals surface area (Å²) in [5.74, 6) is 0.870. The van der Waals surface area contributed by atoms with Gasteiger partial charge in [0.2, 0.25) is 0 Å². The van der Waals surface area contributed by atoms with Crippen LogP contribution in [0.5, 0.6) is 0 Å². The molecule has 3 aromatic rings. The molecule has 108 valence electrons. The molecule has 0 fully saturated rings. The van der Waals surface area contributed by atoms with Crippen LogP contribution in [0, 0.1) is 0 Å². The zero-order valence-electron chi connectivity index (χ0n) is 12.7. The van der Waals surface area contributed by atoms with Crippen molar-refractivity contribution in [3.63, 3.8) is 0 Å². The summed E-state index contributed by atoms with van der Waals surface area (Å²) in [5.41, 5.74) is 4.17. The molecule has 0 aliphatic carbocycles. The number of pyridine rings is 1. The number of benzene rings is 1. The van der Waals surface area contributed by atoms with Crippen molar-refractivity contribution in [2.45, 2.75) is 32.8 Å². The number of hydrogen-bond donors (Lipinski definition) is 1. The van der Waals surface area contributed by atoms with Gasteiger partial charge in [0.05, 0.1) is 17.8 Å². The van der Waals surface area contributed by atoms with Crippen molar-refractivity contribution in [3.05, 3.63) is 59.9 Å². The highest BCUT2D eigenvalue weighted by Gasteiger charge is 2.15. The van der Waals surface area contributed by atoms with E-state index in [9.17, 15) is 5.11 Å². The summed E-state index contributed by atoms with van der Waals surface area (Å²) in [6, 6.07) is 14.4. The average Bonchev–Trinajstić information content (AvgIpc) is 2.85. The predicted octanol–water partition coefficient (Wildman–Crippen LogP) is 3.79. The highest BCUT2D eigenvalue weighted by atomic mass is 16.3. The van der Waals surface area contributed by atoms with E-state index in [1.165, 1.54) is 5.56 Å². The number of nitrogens with zero attached hydrogens (tertiary/aromatic N) is 2. The second kappa shape index (κ2) is 5.01. The standard InChI is InChI=1S/C18H20N2O/c1-18(2,3)14-9-7-13(8-10-14)17-19-15(12-21)16-6-4-5-11-20(16)17/h4-11,21H,12H2,1-3H3. The smallest absolute Gasteiger partial charge is 0.144 e. The van der Waals surface area contributed by atoms with Crippen LogP contribution in [0.25, 0.3) is 16.9 Å². The summed E-state index contributed by atoms with van der Waals surface area (Å²) in [4.78, 5) is 4.58. The van der Waals surface area contributed by atoms with Crippen molar-refractivity contribution >= 4 is 5.52 Å². The molecule has 3 heteroatoms. The third-order valence-electron chi connectivity index (χ3n) is 3.78. The number of imidazole rings is 1. The molecule has 21 heavy (non-hydrogen) atoms. The summed E-state index contributed by atoms with van der Waals surface area (Å²) in [6.07, 6.45) is 1.98. The van der Waals surface area contributed by atoms with Crippen LogP contribution in [0.1, 0.15) is 32.0 Å². The van der Waals surface area contributed by atoms with Crippen molar-refractivity contribution in [2.75, 3.05) is 0 Å². The first-order chi connectivity index (χ1) is 10.0. The second-order valence-corrected chi connectivity index (χ2v) is 6.32. The molecule has 1 aromatic carbocycles. The first kappa shape index (κ1) is 13.8. The van der Waals surface area contributed by atoms with Crippen LogP contribution < -0.4 is 0 Å². The predicted molar refractivity (Wildman–Crippen MR) is 85.3 cm³/mol. The molecule has 3 nitrogen and oxygen atoms in total. The van der Waals surface area contributed by atoms with E-state index in [0.29, 0.717) is 5.69 Å². The molecule has 0 amide bonds. The fourth-order valence-corrected chi connectivity index (χ4v) is 2.54. The normalized spacial score (nSPS) is 12.0. The first-order valence-electron chi connectivity index (χ1n) is 7.18. The number of aliphatic hydroxyl groups is 1. The van der Waals surface area contributed by atoms with Crippen LogP contribution in [0.3, 0.4) is 0 Å². The van der Waals surface area contributed by atoms with Gasteiger partial charge in [-0.05, 0) is 23.1 Å².